The molecule has 2 aliphatic heterocycles. The van der Waals surface area contributed by atoms with E-state index >= 15 is 0 Å². The molecule has 3 atom stereocenters. The molecule has 1 saturated heterocycles. The number of fused-ring (bicyclic) bond motifs is 1. The quantitative estimate of drug-likeness (QED) is 0.731. The van der Waals surface area contributed by atoms with Gasteiger partial charge in [0, 0.05) is 20.6 Å². The number of hydrogen-bond acceptors (Lipinski definition) is 6. The van der Waals surface area contributed by atoms with Gasteiger partial charge in [-0.1, -0.05) is 30.3 Å². The molecule has 28 heavy (non-hydrogen) atoms. The summed E-state index contributed by atoms with van der Waals surface area (Å²) in [6.45, 7) is 4.47. The summed E-state index contributed by atoms with van der Waals surface area (Å²) >= 11 is 0. The number of nitrogens with zero attached hydrogens (tertiary/aromatic N) is 5. The Morgan fingerprint density at radius 3 is 2.43 bits per heavy atom. The van der Waals surface area contributed by atoms with Gasteiger partial charge in [0.25, 0.3) is 5.91 Å². The van der Waals surface area contributed by atoms with E-state index < -0.39 is 18.2 Å². The second kappa shape index (κ2) is 7.71. The van der Waals surface area contributed by atoms with Gasteiger partial charge in [-0.05, 0) is 26.5 Å². The van der Waals surface area contributed by atoms with Crippen LogP contribution in [0.4, 0.5) is 4.79 Å². The monoisotopic (exact) mass is 385 g/mol. The summed E-state index contributed by atoms with van der Waals surface area (Å²) in [4.78, 5) is 48.5. The van der Waals surface area contributed by atoms with Gasteiger partial charge < -0.3 is 9.80 Å². The van der Waals surface area contributed by atoms with Crippen molar-refractivity contribution in [3.8, 4) is 0 Å². The number of imide groups is 1. The molecular formula is C20H27N5O3. The Morgan fingerprint density at radius 2 is 1.82 bits per heavy atom. The maximum Gasteiger partial charge on any atom is 0.328 e. The summed E-state index contributed by atoms with van der Waals surface area (Å²) in [6, 6.07) is 8.49. The van der Waals surface area contributed by atoms with Crippen molar-refractivity contribution in [2.45, 2.75) is 38.6 Å². The van der Waals surface area contributed by atoms with E-state index in [9.17, 15) is 14.4 Å². The maximum absolute atomic E-state index is 12.9. The average Bonchev–Trinajstić information content (AvgIpc) is 3.03. The summed E-state index contributed by atoms with van der Waals surface area (Å²) in [7, 11) is 5.07. The highest BCUT2D eigenvalue weighted by Crippen LogP contribution is 2.29. The van der Waals surface area contributed by atoms with Crippen LogP contribution in [0.1, 0.15) is 19.4 Å². The first-order valence-corrected chi connectivity index (χ1v) is 9.34. The summed E-state index contributed by atoms with van der Waals surface area (Å²) in [5, 5.41) is 0. The van der Waals surface area contributed by atoms with Gasteiger partial charge in [-0.25, -0.2) is 9.79 Å². The molecule has 2 heterocycles. The lowest BCUT2D eigenvalue weighted by Crippen LogP contribution is -2.65. The van der Waals surface area contributed by atoms with Crippen molar-refractivity contribution in [2.24, 2.45) is 4.99 Å². The molecule has 3 unspecified atom stereocenters. The average molecular weight is 385 g/mol. The molecule has 8 nitrogen and oxygen atoms in total. The lowest BCUT2D eigenvalue weighted by Gasteiger charge is -2.41. The fourth-order valence-corrected chi connectivity index (χ4v) is 3.76. The van der Waals surface area contributed by atoms with Crippen LogP contribution in [0.3, 0.4) is 0 Å². The number of hydrogen-bond donors (Lipinski definition) is 0. The Hall–Kier alpha value is -2.74. The number of likely N-dealkylation sites (N-methyl/N-ethyl adjacent to an activating group) is 3. The number of benzene rings is 1. The van der Waals surface area contributed by atoms with Gasteiger partial charge in [0.05, 0.1) is 12.6 Å². The minimum absolute atomic E-state index is 0.0472. The van der Waals surface area contributed by atoms with Crippen LogP contribution in [0.25, 0.3) is 0 Å². The molecule has 0 radical (unpaired) electrons. The molecule has 150 valence electrons. The number of urea groups is 1. The Morgan fingerprint density at radius 1 is 1.18 bits per heavy atom. The molecule has 2 aliphatic rings. The molecule has 0 spiro atoms. The van der Waals surface area contributed by atoms with E-state index in [1.54, 1.807) is 18.9 Å². The third-order valence-corrected chi connectivity index (χ3v) is 5.44. The molecule has 8 heteroatoms. The van der Waals surface area contributed by atoms with Crippen LogP contribution in [-0.2, 0) is 16.1 Å². The topological polar surface area (TPSA) is 76.5 Å². The number of Topliss-reactive ketones (excluding diaryl/α,β-unsaturated/α-hetero) is 1. The molecule has 1 fully saturated rings. The largest absolute Gasteiger partial charge is 0.334 e. The minimum Gasteiger partial charge on any atom is -0.334 e. The van der Waals surface area contributed by atoms with Crippen LogP contribution in [0.15, 0.2) is 35.3 Å². The number of amides is 3. The van der Waals surface area contributed by atoms with Crippen LogP contribution in [0.2, 0.25) is 0 Å². The molecular weight excluding hydrogens is 358 g/mol. The van der Waals surface area contributed by atoms with Crippen molar-refractivity contribution in [1.82, 2.24) is 19.6 Å². The van der Waals surface area contributed by atoms with Crippen molar-refractivity contribution in [3.05, 3.63) is 35.9 Å². The number of aliphatic imine (C=N–C) groups is 1. The van der Waals surface area contributed by atoms with Gasteiger partial charge in [0.15, 0.2) is 18.0 Å². The number of ketones is 1. The molecule has 0 aliphatic carbocycles. The SMILES string of the molecule is CC(=O)C(C)N1C(CN(C)Cc2ccccc2)=NC2C1C(=O)N(C)C(=O)N2C. The first-order chi connectivity index (χ1) is 13.2. The molecule has 0 N–H and O–H groups in total. The van der Waals surface area contributed by atoms with Crippen molar-refractivity contribution in [3.63, 3.8) is 0 Å². The van der Waals surface area contributed by atoms with Gasteiger partial charge in [0.1, 0.15) is 5.84 Å². The van der Waals surface area contributed by atoms with Gasteiger partial charge in [-0.15, -0.1) is 0 Å². The zero-order valence-electron chi connectivity index (χ0n) is 17.0. The number of carbonyl (C=O) groups is 3. The van der Waals surface area contributed by atoms with Crippen LogP contribution in [-0.4, -0.2) is 89.1 Å². The smallest absolute Gasteiger partial charge is 0.328 e. The molecule has 0 saturated carbocycles. The van der Waals surface area contributed by atoms with Crippen LogP contribution >= 0.6 is 0 Å². The zero-order chi connectivity index (χ0) is 20.6. The van der Waals surface area contributed by atoms with E-state index in [4.69, 9.17) is 4.99 Å². The molecule has 3 rings (SSSR count). The van der Waals surface area contributed by atoms with E-state index in [0.717, 1.165) is 10.5 Å². The highest BCUT2D eigenvalue weighted by Gasteiger charge is 2.52. The summed E-state index contributed by atoms with van der Waals surface area (Å²) in [5.74, 6) is 0.277. The highest BCUT2D eigenvalue weighted by atomic mass is 16.2. The molecule has 1 aromatic rings. The second-order valence-electron chi connectivity index (χ2n) is 7.55. The Kier molecular flexibility index (Phi) is 5.51. The third kappa shape index (κ3) is 3.52. The van der Waals surface area contributed by atoms with Crippen molar-refractivity contribution in [1.29, 1.82) is 0 Å². The van der Waals surface area contributed by atoms with E-state index in [0.29, 0.717) is 18.9 Å². The summed E-state index contributed by atoms with van der Waals surface area (Å²) in [6.07, 6.45) is -0.613. The van der Waals surface area contributed by atoms with Crippen molar-refractivity contribution < 1.29 is 14.4 Å². The second-order valence-corrected chi connectivity index (χ2v) is 7.55. The van der Waals surface area contributed by atoms with Crippen molar-refractivity contribution >= 4 is 23.6 Å². The Labute approximate surface area is 165 Å². The lowest BCUT2D eigenvalue weighted by molar-refractivity contribution is -0.137. The first-order valence-electron chi connectivity index (χ1n) is 9.34. The van der Waals surface area contributed by atoms with Crippen molar-refractivity contribution in [2.75, 3.05) is 27.7 Å². The number of rotatable bonds is 6. The van der Waals surface area contributed by atoms with E-state index in [-0.39, 0.29) is 17.7 Å². The predicted octanol–water partition coefficient (Wildman–Crippen LogP) is 1.03. The summed E-state index contributed by atoms with van der Waals surface area (Å²) < 4.78 is 0. The van der Waals surface area contributed by atoms with E-state index in [1.807, 2.05) is 37.4 Å². The van der Waals surface area contributed by atoms with Crippen LogP contribution < -0.4 is 0 Å². The van der Waals surface area contributed by atoms with Gasteiger partial charge in [-0.2, -0.15) is 0 Å². The zero-order valence-corrected chi connectivity index (χ0v) is 17.0. The Balaban J connectivity index is 1.88. The van der Waals surface area contributed by atoms with Gasteiger partial charge in [0.2, 0.25) is 0 Å². The predicted molar refractivity (Wildman–Crippen MR) is 106 cm³/mol. The minimum atomic E-state index is -0.674. The fraction of sp³-hybridized carbons (Fsp3) is 0.500. The first kappa shape index (κ1) is 20.0. The standard InChI is InChI=1S/C20H27N5O3/c1-13(14(2)26)25-16(12-22(3)11-15-9-7-6-8-10-15)21-18-17(25)19(27)24(5)20(28)23(18)4/h6-10,13,17-18H,11-12H2,1-5H3. The van der Waals surface area contributed by atoms with Crippen LogP contribution in [0, 0.1) is 0 Å². The lowest BCUT2D eigenvalue weighted by atomic mass is 10.1. The number of amidine groups is 1. The Bertz CT molecular complexity index is 809. The molecule has 0 bridgehead atoms. The van der Waals surface area contributed by atoms with E-state index in [2.05, 4.69) is 4.90 Å². The highest BCUT2D eigenvalue weighted by molar-refractivity contribution is 6.05. The van der Waals surface area contributed by atoms with Gasteiger partial charge >= 0.3 is 6.03 Å². The summed E-state index contributed by atoms with van der Waals surface area (Å²) in [5.41, 5.74) is 1.16. The number of carbonyl (C=O) groups excluding carboxylic acids is 3. The maximum atomic E-state index is 12.9. The third-order valence-electron chi connectivity index (χ3n) is 5.44. The normalized spacial score (nSPS) is 23.2. The molecule has 0 aromatic heterocycles. The molecule has 3 amide bonds. The molecule has 1 aromatic carbocycles. The van der Waals surface area contributed by atoms with Gasteiger partial charge in [-0.3, -0.25) is 19.4 Å². The van der Waals surface area contributed by atoms with Crippen LogP contribution in [0.5, 0.6) is 0 Å². The van der Waals surface area contributed by atoms with E-state index in [1.165, 1.54) is 18.9 Å². The fourth-order valence-electron chi connectivity index (χ4n) is 3.76.